The molecule has 1 saturated heterocycles. The molecule has 1 aromatic rings. The molecule has 19 heavy (non-hydrogen) atoms. The number of hydrogen-bond donors (Lipinski definition) is 3. The van der Waals surface area contributed by atoms with Gasteiger partial charge in [-0.1, -0.05) is 0 Å². The lowest BCUT2D eigenvalue weighted by atomic mass is 10.2. The van der Waals surface area contributed by atoms with E-state index in [4.69, 9.17) is 0 Å². The monoisotopic (exact) mass is 303 g/mol. The zero-order valence-corrected chi connectivity index (χ0v) is 12.2. The maximum atomic E-state index is 11.8. The van der Waals surface area contributed by atoms with E-state index < -0.39 is 10.0 Å². The normalized spacial score (nSPS) is 19.5. The van der Waals surface area contributed by atoms with Gasteiger partial charge in [-0.05, 0) is 38.6 Å². The molecule has 0 bridgehead atoms. The van der Waals surface area contributed by atoms with E-state index >= 15 is 0 Å². The lowest BCUT2D eigenvalue weighted by Gasteiger charge is -2.09. The van der Waals surface area contributed by atoms with E-state index in [-0.39, 0.29) is 16.2 Å². The summed E-state index contributed by atoms with van der Waals surface area (Å²) in [6, 6.07) is 3.16. The van der Waals surface area contributed by atoms with Crippen LogP contribution in [0.5, 0.6) is 0 Å². The van der Waals surface area contributed by atoms with Crippen molar-refractivity contribution in [2.24, 2.45) is 0 Å². The molecular weight excluding hydrogens is 286 g/mol. The predicted octanol–water partition coefficient (Wildman–Crippen LogP) is 0.0244. The Bertz CT molecular complexity index is 547. The second kappa shape index (κ2) is 6.00. The third-order valence-corrected chi connectivity index (χ3v) is 5.98. The summed E-state index contributed by atoms with van der Waals surface area (Å²) in [5, 5.41) is 5.93. The summed E-state index contributed by atoms with van der Waals surface area (Å²) < 4.78 is 25.7. The molecule has 2 rings (SSSR count). The van der Waals surface area contributed by atoms with Crippen LogP contribution in [-0.2, 0) is 21.4 Å². The Morgan fingerprint density at radius 3 is 2.95 bits per heavy atom. The number of carbonyl (C=O) groups is 1. The third-order valence-electron chi connectivity index (χ3n) is 2.98. The minimum Gasteiger partial charge on any atom is -0.350 e. The van der Waals surface area contributed by atoms with E-state index in [1.165, 1.54) is 7.05 Å². The molecule has 1 atom stereocenters. The quantitative estimate of drug-likeness (QED) is 0.716. The summed E-state index contributed by atoms with van der Waals surface area (Å²) in [6.45, 7) is 1.24. The summed E-state index contributed by atoms with van der Waals surface area (Å²) >= 11 is 1.16. The Kier molecular flexibility index (Phi) is 4.56. The molecule has 0 aromatic carbocycles. The first-order valence-corrected chi connectivity index (χ1v) is 8.36. The first-order chi connectivity index (χ1) is 9.03. The van der Waals surface area contributed by atoms with Crippen LogP contribution in [0.15, 0.2) is 16.3 Å². The lowest BCUT2D eigenvalue weighted by molar-refractivity contribution is -0.122. The average molecular weight is 303 g/mol. The molecule has 2 heterocycles. The Balaban J connectivity index is 1.92. The molecular formula is C11H17N3O3S2. The molecule has 1 aromatic heterocycles. The minimum absolute atomic E-state index is 0.0241. The largest absolute Gasteiger partial charge is 0.350 e. The van der Waals surface area contributed by atoms with Gasteiger partial charge in [0.05, 0.1) is 12.6 Å². The molecule has 106 valence electrons. The zero-order chi connectivity index (χ0) is 13.9. The molecule has 0 aliphatic carbocycles. The Labute approximate surface area is 116 Å². The Morgan fingerprint density at radius 2 is 2.32 bits per heavy atom. The summed E-state index contributed by atoms with van der Waals surface area (Å²) in [6.07, 6.45) is 1.87. The van der Waals surface area contributed by atoms with Crippen molar-refractivity contribution in [1.82, 2.24) is 15.4 Å². The fourth-order valence-electron chi connectivity index (χ4n) is 1.90. The number of nitrogens with one attached hydrogen (secondary N) is 3. The fraction of sp³-hybridized carbons (Fsp3) is 0.545. The van der Waals surface area contributed by atoms with Gasteiger partial charge in [0.2, 0.25) is 15.9 Å². The SMILES string of the molecule is CNS(=O)(=O)c1ccc(CNC(=O)C2CCCN2)s1. The van der Waals surface area contributed by atoms with Crippen molar-refractivity contribution in [3.05, 3.63) is 17.0 Å². The summed E-state index contributed by atoms with van der Waals surface area (Å²) in [5.41, 5.74) is 0. The number of amides is 1. The van der Waals surface area contributed by atoms with Gasteiger partial charge < -0.3 is 10.6 Å². The second-order valence-corrected chi connectivity index (χ2v) is 7.58. The first-order valence-electron chi connectivity index (χ1n) is 6.06. The molecule has 1 aliphatic heterocycles. The number of rotatable bonds is 5. The van der Waals surface area contributed by atoms with Crippen molar-refractivity contribution in [1.29, 1.82) is 0 Å². The number of hydrogen-bond acceptors (Lipinski definition) is 5. The van der Waals surface area contributed by atoms with E-state index in [0.29, 0.717) is 6.54 Å². The van der Waals surface area contributed by atoms with Crippen LogP contribution in [0.25, 0.3) is 0 Å². The van der Waals surface area contributed by atoms with E-state index in [2.05, 4.69) is 15.4 Å². The fourth-order valence-corrected chi connectivity index (χ4v) is 4.04. The number of carbonyl (C=O) groups excluding carboxylic acids is 1. The molecule has 3 N–H and O–H groups in total. The smallest absolute Gasteiger partial charge is 0.249 e. The third kappa shape index (κ3) is 3.53. The van der Waals surface area contributed by atoms with Crippen LogP contribution in [0.4, 0.5) is 0 Å². The van der Waals surface area contributed by atoms with Gasteiger partial charge in [-0.15, -0.1) is 11.3 Å². The van der Waals surface area contributed by atoms with E-state index in [0.717, 1.165) is 35.6 Å². The van der Waals surface area contributed by atoms with Crippen LogP contribution in [0.2, 0.25) is 0 Å². The van der Waals surface area contributed by atoms with Crippen LogP contribution in [0, 0.1) is 0 Å². The molecule has 1 aliphatic rings. The zero-order valence-electron chi connectivity index (χ0n) is 10.6. The molecule has 6 nitrogen and oxygen atoms in total. The summed E-state index contributed by atoms with van der Waals surface area (Å²) in [7, 11) is -2.01. The van der Waals surface area contributed by atoms with Gasteiger partial charge in [-0.3, -0.25) is 4.79 Å². The molecule has 0 radical (unpaired) electrons. The van der Waals surface area contributed by atoms with Gasteiger partial charge in [0.1, 0.15) is 4.21 Å². The van der Waals surface area contributed by atoms with Crippen molar-refractivity contribution in [3.8, 4) is 0 Å². The predicted molar refractivity (Wildman–Crippen MR) is 73.4 cm³/mol. The molecule has 1 fully saturated rings. The lowest BCUT2D eigenvalue weighted by Crippen LogP contribution is -2.39. The van der Waals surface area contributed by atoms with E-state index in [1.807, 2.05) is 0 Å². The van der Waals surface area contributed by atoms with Crippen molar-refractivity contribution < 1.29 is 13.2 Å². The Morgan fingerprint density at radius 1 is 1.53 bits per heavy atom. The first kappa shape index (κ1) is 14.4. The molecule has 0 spiro atoms. The topological polar surface area (TPSA) is 87.3 Å². The van der Waals surface area contributed by atoms with Gasteiger partial charge in [0, 0.05) is 4.88 Å². The van der Waals surface area contributed by atoms with Gasteiger partial charge in [-0.2, -0.15) is 0 Å². The van der Waals surface area contributed by atoms with Crippen molar-refractivity contribution in [3.63, 3.8) is 0 Å². The summed E-state index contributed by atoms with van der Waals surface area (Å²) in [4.78, 5) is 12.6. The number of thiophene rings is 1. The van der Waals surface area contributed by atoms with Crippen LogP contribution in [0.1, 0.15) is 17.7 Å². The van der Waals surface area contributed by atoms with Gasteiger partial charge in [0.15, 0.2) is 0 Å². The maximum Gasteiger partial charge on any atom is 0.249 e. The highest BCUT2D eigenvalue weighted by Crippen LogP contribution is 2.21. The van der Waals surface area contributed by atoms with Crippen LogP contribution < -0.4 is 15.4 Å². The van der Waals surface area contributed by atoms with Crippen molar-refractivity contribution >= 4 is 27.3 Å². The molecule has 0 saturated carbocycles. The van der Waals surface area contributed by atoms with E-state index in [1.54, 1.807) is 12.1 Å². The van der Waals surface area contributed by atoms with Crippen LogP contribution >= 0.6 is 11.3 Å². The highest BCUT2D eigenvalue weighted by atomic mass is 32.2. The highest BCUT2D eigenvalue weighted by Gasteiger charge is 2.21. The molecule has 8 heteroatoms. The van der Waals surface area contributed by atoms with Crippen molar-refractivity contribution in [2.45, 2.75) is 29.6 Å². The van der Waals surface area contributed by atoms with Crippen LogP contribution in [-0.4, -0.2) is 34.0 Å². The van der Waals surface area contributed by atoms with Gasteiger partial charge >= 0.3 is 0 Å². The average Bonchev–Trinajstić information content (AvgIpc) is 3.07. The Hall–Kier alpha value is -0.960. The molecule has 1 unspecified atom stereocenters. The van der Waals surface area contributed by atoms with Gasteiger partial charge in [-0.25, -0.2) is 13.1 Å². The minimum atomic E-state index is -3.39. The van der Waals surface area contributed by atoms with Crippen molar-refractivity contribution in [2.75, 3.05) is 13.6 Å². The maximum absolute atomic E-state index is 11.8. The van der Waals surface area contributed by atoms with Crippen LogP contribution in [0.3, 0.4) is 0 Å². The number of sulfonamides is 1. The van der Waals surface area contributed by atoms with Gasteiger partial charge in [0.25, 0.3) is 0 Å². The second-order valence-electron chi connectivity index (χ2n) is 4.30. The summed E-state index contributed by atoms with van der Waals surface area (Å²) in [5.74, 6) is -0.0241. The van der Waals surface area contributed by atoms with E-state index in [9.17, 15) is 13.2 Å². The standard InChI is InChI=1S/C11H17N3O3S2/c1-12-19(16,17)10-5-4-8(18-10)7-14-11(15)9-3-2-6-13-9/h4-5,9,12-13H,2-3,6-7H2,1H3,(H,14,15). The molecule has 1 amide bonds. The highest BCUT2D eigenvalue weighted by molar-refractivity contribution is 7.91.